The molecule has 0 aromatic rings. The summed E-state index contributed by atoms with van der Waals surface area (Å²) in [5.74, 6) is -5.34. The van der Waals surface area contributed by atoms with Crippen LogP contribution in [0.5, 0.6) is 0 Å². The molecule has 0 amide bonds. The first-order chi connectivity index (χ1) is 11.3. The van der Waals surface area contributed by atoms with E-state index in [1.54, 1.807) is 0 Å². The van der Waals surface area contributed by atoms with Gasteiger partial charge in [0.1, 0.15) is 24.4 Å². The second-order valence-corrected chi connectivity index (χ2v) is 4.94. The van der Waals surface area contributed by atoms with Gasteiger partial charge in [-0.15, -0.1) is 0 Å². The predicted molar refractivity (Wildman–Crippen MR) is 80.4 cm³/mol. The first kappa shape index (κ1) is 33.4. The largest absolute Gasteiger partial charge is 2.00 e. The van der Waals surface area contributed by atoms with Crippen molar-refractivity contribution in [2.75, 3.05) is 13.2 Å². The van der Waals surface area contributed by atoms with E-state index >= 15 is 0 Å². The number of hydrogen-bond acceptors (Lipinski definition) is 12. The minimum absolute atomic E-state index is 0. The Kier molecular flexibility index (Phi) is 19.7. The Morgan fingerprint density at radius 2 is 1.19 bits per heavy atom. The standard InChI is InChI=1S/C6H8O7.C6H14O6.Mg.H2O/c7-3(8)1-6(13,5(11)12)2-4(9)10;7-1-3(9)5(11)6(12)4(10)2-8;;/h13H,1-2H2,(H,7,8)(H,9,10)(H,11,12);3-12H,1-2H2;;1H2/q;;+2;/p-2/t;3-,4+,5-,6-;;/m.1../s1. The molecule has 0 aromatic heterocycles. The third-order valence-electron chi connectivity index (χ3n) is 2.79. The van der Waals surface area contributed by atoms with Crippen molar-refractivity contribution in [2.45, 2.75) is 42.9 Å². The Morgan fingerprint density at radius 1 is 0.852 bits per heavy atom. The van der Waals surface area contributed by atoms with Crippen LogP contribution in [-0.2, 0) is 14.4 Å². The molecule has 14 nitrogen and oxygen atoms in total. The molecule has 0 spiro atoms. The van der Waals surface area contributed by atoms with Crippen molar-refractivity contribution in [1.82, 2.24) is 0 Å². The van der Waals surface area contributed by atoms with Crippen LogP contribution in [0.4, 0.5) is 0 Å². The van der Waals surface area contributed by atoms with Crippen LogP contribution < -0.4 is 5.11 Å². The molecule has 0 fully saturated rings. The van der Waals surface area contributed by atoms with Gasteiger partial charge < -0.3 is 61.3 Å². The van der Waals surface area contributed by atoms with Gasteiger partial charge in [0.05, 0.1) is 19.6 Å². The number of carbonyl (C=O) groups is 3. The number of aliphatic carboxylic acids is 3. The van der Waals surface area contributed by atoms with E-state index in [1.807, 2.05) is 0 Å². The van der Waals surface area contributed by atoms with Crippen molar-refractivity contribution in [3.8, 4) is 0 Å². The summed E-state index contributed by atoms with van der Waals surface area (Å²) in [7, 11) is 0. The molecule has 0 rings (SSSR count). The summed E-state index contributed by atoms with van der Waals surface area (Å²) < 4.78 is 0. The van der Waals surface area contributed by atoms with Crippen LogP contribution in [0.1, 0.15) is 12.8 Å². The zero-order chi connectivity index (χ0) is 20.4. The first-order valence-electron chi connectivity index (χ1n) is 6.63. The number of aliphatic hydroxyl groups is 7. The van der Waals surface area contributed by atoms with Crippen molar-refractivity contribution in [3.05, 3.63) is 0 Å². The van der Waals surface area contributed by atoms with Gasteiger partial charge in [0, 0.05) is 12.4 Å². The predicted octanol–water partition coefficient (Wildman–Crippen LogP) is -6.73. The molecule has 0 heterocycles. The fourth-order valence-electron chi connectivity index (χ4n) is 1.37. The van der Waals surface area contributed by atoms with Gasteiger partial charge in [-0.05, 0) is 0 Å². The molecule has 0 saturated heterocycles. The minimum Gasteiger partial charge on any atom is -0.870 e. The average Bonchev–Trinajstić information content (AvgIpc) is 2.50. The molecule has 0 bridgehead atoms. The number of carbonyl (C=O) groups excluding carboxylic acids is 1. The second kappa shape index (κ2) is 15.9. The van der Waals surface area contributed by atoms with Gasteiger partial charge >= 0.3 is 35.0 Å². The monoisotopic (exact) mass is 414 g/mol. The first-order valence-corrected chi connectivity index (χ1v) is 6.63. The van der Waals surface area contributed by atoms with E-state index in [4.69, 9.17) is 46.0 Å². The van der Waals surface area contributed by atoms with Crippen LogP contribution in [0.15, 0.2) is 0 Å². The zero-order valence-electron chi connectivity index (χ0n) is 14.0. The van der Waals surface area contributed by atoms with Gasteiger partial charge in [-0.3, -0.25) is 4.79 Å². The van der Waals surface area contributed by atoms with Crippen LogP contribution in [0, 0.1) is 0 Å². The third-order valence-corrected chi connectivity index (χ3v) is 2.79. The normalized spacial score (nSPS) is 16.6. The smallest absolute Gasteiger partial charge is 0.870 e. The van der Waals surface area contributed by atoms with E-state index < -0.39 is 74.0 Å². The molecule has 27 heavy (non-hydrogen) atoms. The summed E-state index contributed by atoms with van der Waals surface area (Å²) >= 11 is 0. The Hall–Kier alpha value is -1.14. The van der Waals surface area contributed by atoms with Crippen LogP contribution >= 0.6 is 0 Å². The molecular weight excluding hydrogens is 392 g/mol. The molecule has 1 unspecified atom stereocenters. The minimum atomic E-state index is -2.80. The van der Waals surface area contributed by atoms with E-state index in [1.165, 1.54) is 0 Å². The second-order valence-electron chi connectivity index (χ2n) is 4.94. The maximum atomic E-state index is 10.3. The fraction of sp³-hybridized carbons (Fsp3) is 0.750. The number of carboxylic acid groups (broad SMARTS) is 3. The fourth-order valence-corrected chi connectivity index (χ4v) is 1.37. The Labute approximate surface area is 168 Å². The number of carboxylic acids is 3. The van der Waals surface area contributed by atoms with Crippen molar-refractivity contribution in [1.29, 1.82) is 0 Å². The van der Waals surface area contributed by atoms with Gasteiger partial charge in [-0.2, -0.15) is 0 Å². The molecule has 15 heteroatoms. The number of rotatable bonds is 10. The van der Waals surface area contributed by atoms with E-state index in [9.17, 15) is 19.5 Å². The SMILES string of the molecule is O=C([O-])CC(O)(CC(=O)O)C(=O)O.OC[C@@H](O)[C@@H](O)[C@H](O)[C@@H](O)CO.[Mg+2].[OH-]. The molecular formula is C12H22MgO14. The molecule has 10 N–H and O–H groups in total. The van der Waals surface area contributed by atoms with E-state index in [2.05, 4.69) is 0 Å². The van der Waals surface area contributed by atoms with Crippen LogP contribution in [0.3, 0.4) is 0 Å². The molecule has 5 atom stereocenters. The molecule has 0 aliphatic rings. The maximum Gasteiger partial charge on any atom is 2.00 e. The van der Waals surface area contributed by atoms with Gasteiger partial charge in [0.15, 0.2) is 5.60 Å². The van der Waals surface area contributed by atoms with Crippen molar-refractivity contribution in [3.63, 3.8) is 0 Å². The molecule has 0 radical (unpaired) electrons. The van der Waals surface area contributed by atoms with Crippen molar-refractivity contribution >= 4 is 41.0 Å². The summed E-state index contributed by atoms with van der Waals surface area (Å²) in [6.07, 6.45) is -8.83. The van der Waals surface area contributed by atoms with Crippen LogP contribution in [0.25, 0.3) is 0 Å². The maximum absolute atomic E-state index is 10.3. The molecule has 0 saturated carbocycles. The summed E-state index contributed by atoms with van der Waals surface area (Å²) in [6, 6.07) is 0. The molecule has 0 aliphatic heterocycles. The van der Waals surface area contributed by atoms with E-state index in [-0.39, 0.29) is 28.5 Å². The van der Waals surface area contributed by atoms with Gasteiger partial charge in [0.25, 0.3) is 0 Å². The quantitative estimate of drug-likeness (QED) is 0.150. The number of hydrogen-bond donors (Lipinski definition) is 9. The Morgan fingerprint density at radius 3 is 1.37 bits per heavy atom. The van der Waals surface area contributed by atoms with Gasteiger partial charge in [-0.1, -0.05) is 0 Å². The van der Waals surface area contributed by atoms with E-state index in [0.29, 0.717) is 0 Å². The average molecular weight is 415 g/mol. The molecule has 0 aliphatic carbocycles. The number of aliphatic hydroxyl groups excluding tert-OH is 6. The summed E-state index contributed by atoms with van der Waals surface area (Å²) in [5.41, 5.74) is -2.80. The third kappa shape index (κ3) is 13.6. The van der Waals surface area contributed by atoms with E-state index in [0.717, 1.165) is 0 Å². The zero-order valence-corrected chi connectivity index (χ0v) is 15.4. The van der Waals surface area contributed by atoms with Gasteiger partial charge in [-0.25, -0.2) is 4.79 Å². The van der Waals surface area contributed by atoms with Crippen LogP contribution in [-0.4, -0.2) is 136 Å². The molecule has 156 valence electrons. The topological polar surface area (TPSA) is 286 Å². The summed E-state index contributed by atoms with van der Waals surface area (Å²) in [4.78, 5) is 30.3. The Balaban J connectivity index is -0.000000183. The Bertz CT molecular complexity index is 414. The summed E-state index contributed by atoms with van der Waals surface area (Å²) in [6.45, 7) is -1.45. The molecule has 0 aromatic carbocycles. The van der Waals surface area contributed by atoms with Gasteiger partial charge in [0.2, 0.25) is 0 Å². The van der Waals surface area contributed by atoms with Crippen molar-refractivity contribution in [2.24, 2.45) is 0 Å². The summed E-state index contributed by atoms with van der Waals surface area (Å²) in [5, 5.41) is 87.7. The van der Waals surface area contributed by atoms with Crippen molar-refractivity contribution < 1.29 is 70.9 Å². The van der Waals surface area contributed by atoms with Crippen LogP contribution in [0.2, 0.25) is 0 Å².